The van der Waals surface area contributed by atoms with Crippen LogP contribution in [0.2, 0.25) is 0 Å². The van der Waals surface area contributed by atoms with E-state index >= 15 is 0 Å². The zero-order valence-corrected chi connectivity index (χ0v) is 12.9. The van der Waals surface area contributed by atoms with Crippen molar-refractivity contribution < 1.29 is 14.3 Å². The lowest BCUT2D eigenvalue weighted by molar-refractivity contribution is -0.151. The summed E-state index contributed by atoms with van der Waals surface area (Å²) in [5.74, 6) is -0.483. The van der Waals surface area contributed by atoms with Crippen LogP contribution < -0.4 is 5.56 Å². The van der Waals surface area contributed by atoms with E-state index in [9.17, 15) is 14.4 Å². The fraction of sp³-hybridized carbons (Fsp3) is 0.600. The van der Waals surface area contributed by atoms with Crippen molar-refractivity contribution >= 4 is 11.9 Å². The van der Waals surface area contributed by atoms with Gasteiger partial charge in [0.2, 0.25) is 5.91 Å². The summed E-state index contributed by atoms with van der Waals surface area (Å²) < 4.78 is 6.19. The lowest BCUT2D eigenvalue weighted by Gasteiger charge is -2.32. The van der Waals surface area contributed by atoms with E-state index in [0.717, 1.165) is 0 Å². The minimum Gasteiger partial charge on any atom is -0.466 e. The van der Waals surface area contributed by atoms with E-state index in [1.165, 1.54) is 16.9 Å². The van der Waals surface area contributed by atoms with Crippen LogP contribution >= 0.6 is 0 Å². The minimum absolute atomic E-state index is 0.142. The molecule has 7 nitrogen and oxygen atoms in total. The minimum atomic E-state index is -0.646. The molecular formula is C15H21N3O4. The molecule has 0 spiro atoms. The average molecular weight is 307 g/mol. The van der Waals surface area contributed by atoms with Gasteiger partial charge in [0, 0.05) is 25.4 Å². The first kappa shape index (κ1) is 16.2. The Balaban J connectivity index is 1.96. The molecule has 0 aliphatic carbocycles. The summed E-state index contributed by atoms with van der Waals surface area (Å²) in [6.07, 6.45) is 2.67. The number of nitrogens with zero attached hydrogens (tertiary/aromatic N) is 3. The van der Waals surface area contributed by atoms with E-state index in [1.807, 2.05) is 0 Å². The predicted molar refractivity (Wildman–Crippen MR) is 79.1 cm³/mol. The second kappa shape index (κ2) is 7.20. The summed E-state index contributed by atoms with van der Waals surface area (Å²) >= 11 is 0. The number of likely N-dealkylation sites (tertiary alicyclic amines) is 1. The quantitative estimate of drug-likeness (QED) is 0.761. The van der Waals surface area contributed by atoms with Gasteiger partial charge in [-0.2, -0.15) is 5.10 Å². The number of ether oxygens (including phenoxy) is 1. The van der Waals surface area contributed by atoms with E-state index in [4.69, 9.17) is 4.74 Å². The molecule has 1 aromatic heterocycles. The van der Waals surface area contributed by atoms with Crippen LogP contribution in [0.25, 0.3) is 0 Å². The summed E-state index contributed by atoms with van der Waals surface area (Å²) in [5, 5.41) is 3.94. The largest absolute Gasteiger partial charge is 0.466 e. The molecule has 1 amide bonds. The van der Waals surface area contributed by atoms with Gasteiger partial charge in [-0.15, -0.1) is 0 Å². The molecule has 1 aliphatic heterocycles. The fourth-order valence-corrected chi connectivity index (χ4v) is 2.62. The van der Waals surface area contributed by atoms with Gasteiger partial charge in [-0.3, -0.25) is 14.4 Å². The number of hydrogen-bond donors (Lipinski definition) is 0. The monoisotopic (exact) mass is 307 g/mol. The van der Waals surface area contributed by atoms with Crippen molar-refractivity contribution in [2.75, 3.05) is 19.7 Å². The first-order valence-electron chi connectivity index (χ1n) is 7.53. The molecule has 1 fully saturated rings. The van der Waals surface area contributed by atoms with Crippen LogP contribution in [0.1, 0.15) is 32.7 Å². The molecule has 0 aromatic carbocycles. The van der Waals surface area contributed by atoms with Crippen LogP contribution in [-0.4, -0.2) is 46.3 Å². The lowest BCUT2D eigenvalue weighted by Crippen LogP contribution is -2.45. The molecule has 1 unspecified atom stereocenters. The van der Waals surface area contributed by atoms with Crippen molar-refractivity contribution in [2.24, 2.45) is 5.92 Å². The number of piperidine rings is 1. The molecule has 22 heavy (non-hydrogen) atoms. The van der Waals surface area contributed by atoms with Crippen LogP contribution in [0.15, 0.2) is 23.1 Å². The van der Waals surface area contributed by atoms with Crippen LogP contribution in [0.4, 0.5) is 0 Å². The molecule has 2 heterocycles. The highest BCUT2D eigenvalue weighted by atomic mass is 16.5. The molecule has 2 rings (SSSR count). The third-order valence-corrected chi connectivity index (χ3v) is 3.89. The molecule has 0 bridgehead atoms. The van der Waals surface area contributed by atoms with Crippen LogP contribution in [-0.2, 0) is 14.3 Å². The molecular weight excluding hydrogens is 286 g/mol. The van der Waals surface area contributed by atoms with Gasteiger partial charge >= 0.3 is 5.97 Å². The van der Waals surface area contributed by atoms with Gasteiger partial charge in [0.25, 0.3) is 5.56 Å². The van der Waals surface area contributed by atoms with Gasteiger partial charge < -0.3 is 9.64 Å². The number of amides is 1. The Hall–Kier alpha value is -2.18. The van der Waals surface area contributed by atoms with Crippen LogP contribution in [0.3, 0.4) is 0 Å². The van der Waals surface area contributed by atoms with E-state index < -0.39 is 6.04 Å². The maximum atomic E-state index is 12.5. The van der Waals surface area contributed by atoms with Crippen molar-refractivity contribution in [2.45, 2.75) is 32.7 Å². The average Bonchev–Trinajstić information content (AvgIpc) is 2.54. The molecule has 0 N–H and O–H groups in total. The number of hydrogen-bond acceptors (Lipinski definition) is 5. The maximum absolute atomic E-state index is 12.5. The highest BCUT2D eigenvalue weighted by molar-refractivity contribution is 5.80. The highest BCUT2D eigenvalue weighted by Crippen LogP contribution is 2.20. The van der Waals surface area contributed by atoms with E-state index in [-0.39, 0.29) is 23.4 Å². The van der Waals surface area contributed by atoms with Gasteiger partial charge in [-0.25, -0.2) is 4.68 Å². The molecule has 1 aromatic rings. The number of aromatic nitrogens is 2. The maximum Gasteiger partial charge on any atom is 0.309 e. The van der Waals surface area contributed by atoms with Gasteiger partial charge in [0.15, 0.2) is 0 Å². The van der Waals surface area contributed by atoms with Crippen molar-refractivity contribution in [3.63, 3.8) is 0 Å². The topological polar surface area (TPSA) is 81.5 Å². The third kappa shape index (κ3) is 3.52. The summed E-state index contributed by atoms with van der Waals surface area (Å²) in [6.45, 7) is 4.80. The Bertz CT molecular complexity index is 590. The van der Waals surface area contributed by atoms with Gasteiger partial charge in [0.1, 0.15) is 6.04 Å². The molecule has 1 saturated heterocycles. The Morgan fingerprint density at radius 3 is 2.68 bits per heavy atom. The molecule has 0 radical (unpaired) electrons. The van der Waals surface area contributed by atoms with Gasteiger partial charge in [-0.05, 0) is 32.8 Å². The molecule has 1 aliphatic rings. The summed E-state index contributed by atoms with van der Waals surface area (Å²) in [5.41, 5.74) is -0.301. The Labute approximate surface area is 128 Å². The van der Waals surface area contributed by atoms with Crippen molar-refractivity contribution in [3.05, 3.63) is 28.7 Å². The first-order chi connectivity index (χ1) is 10.5. The molecule has 1 atom stereocenters. The third-order valence-electron chi connectivity index (χ3n) is 3.89. The standard InChI is InChI=1S/C15H21N3O4/c1-3-22-15(21)12-6-9-17(10-7-12)14(20)11(2)18-13(19)5-4-8-16-18/h4-5,8,11-12H,3,6-7,9-10H2,1-2H3. The zero-order valence-electron chi connectivity index (χ0n) is 12.9. The second-order valence-electron chi connectivity index (χ2n) is 5.33. The predicted octanol–water partition coefficient (Wildman–Crippen LogP) is 0.606. The normalized spacial score (nSPS) is 17.1. The summed E-state index contributed by atoms with van der Waals surface area (Å²) in [6, 6.07) is 2.28. The van der Waals surface area contributed by atoms with Crippen molar-refractivity contribution in [1.82, 2.24) is 14.7 Å². The number of carbonyl (C=O) groups excluding carboxylic acids is 2. The van der Waals surface area contributed by atoms with Crippen molar-refractivity contribution in [3.8, 4) is 0 Å². The fourth-order valence-electron chi connectivity index (χ4n) is 2.62. The first-order valence-corrected chi connectivity index (χ1v) is 7.53. The number of esters is 1. The summed E-state index contributed by atoms with van der Waals surface area (Å²) in [7, 11) is 0. The van der Waals surface area contributed by atoms with Crippen LogP contribution in [0, 0.1) is 5.92 Å². The Morgan fingerprint density at radius 1 is 1.41 bits per heavy atom. The number of rotatable bonds is 4. The number of carbonyl (C=O) groups is 2. The van der Waals surface area contributed by atoms with E-state index in [1.54, 1.807) is 24.8 Å². The lowest BCUT2D eigenvalue weighted by atomic mass is 9.96. The van der Waals surface area contributed by atoms with Crippen molar-refractivity contribution in [1.29, 1.82) is 0 Å². The molecule has 7 heteroatoms. The van der Waals surface area contributed by atoms with Gasteiger partial charge in [0.05, 0.1) is 12.5 Å². The molecule has 0 saturated carbocycles. The highest BCUT2D eigenvalue weighted by Gasteiger charge is 2.30. The van der Waals surface area contributed by atoms with E-state index in [0.29, 0.717) is 32.5 Å². The van der Waals surface area contributed by atoms with Crippen LogP contribution in [0.5, 0.6) is 0 Å². The zero-order chi connectivity index (χ0) is 16.1. The summed E-state index contributed by atoms with van der Waals surface area (Å²) in [4.78, 5) is 37.6. The second-order valence-corrected chi connectivity index (χ2v) is 5.33. The Morgan fingerprint density at radius 2 is 2.09 bits per heavy atom. The SMILES string of the molecule is CCOC(=O)C1CCN(C(=O)C(C)n2ncccc2=O)CC1. The van der Waals surface area contributed by atoms with Gasteiger partial charge in [-0.1, -0.05) is 0 Å². The molecule has 120 valence electrons. The Kier molecular flexibility index (Phi) is 5.30. The smallest absolute Gasteiger partial charge is 0.309 e. The van der Waals surface area contributed by atoms with E-state index in [2.05, 4.69) is 5.10 Å².